The standard InChI is InChI=1S/C21H15F3N4O2/c1-3-14(12-15(4-2)21(22,23)24)20(29)26-16-6-5-7-17(13-16)30-19-9-8-18-25-10-11-28(18)27-19/h2-3,5-13H,1H3,(H,26,29)/b14-3+,15-12+. The molecule has 30 heavy (non-hydrogen) atoms. The van der Waals surface area contributed by atoms with Crippen molar-refractivity contribution in [3.8, 4) is 24.0 Å². The number of imidazole rings is 1. The fourth-order valence-electron chi connectivity index (χ4n) is 2.45. The number of alkyl halides is 3. The van der Waals surface area contributed by atoms with Gasteiger partial charge in [-0.3, -0.25) is 4.79 Å². The summed E-state index contributed by atoms with van der Waals surface area (Å²) < 4.78 is 45.8. The smallest absolute Gasteiger partial charge is 0.424 e. The first-order valence-electron chi connectivity index (χ1n) is 8.61. The summed E-state index contributed by atoms with van der Waals surface area (Å²) in [5.41, 5.74) is -0.494. The summed E-state index contributed by atoms with van der Waals surface area (Å²) in [5.74, 6) is 1.48. The van der Waals surface area contributed by atoms with Gasteiger partial charge in [-0.15, -0.1) is 11.5 Å². The van der Waals surface area contributed by atoms with Crippen LogP contribution in [0.3, 0.4) is 0 Å². The highest BCUT2D eigenvalue weighted by Gasteiger charge is 2.33. The Morgan fingerprint density at radius 2 is 2.10 bits per heavy atom. The van der Waals surface area contributed by atoms with E-state index in [9.17, 15) is 18.0 Å². The average Bonchev–Trinajstić information content (AvgIpc) is 3.16. The lowest BCUT2D eigenvalue weighted by Gasteiger charge is -2.10. The molecular formula is C21H15F3N4O2. The lowest BCUT2D eigenvalue weighted by atomic mass is 10.1. The van der Waals surface area contributed by atoms with Gasteiger partial charge in [0.2, 0.25) is 5.88 Å². The van der Waals surface area contributed by atoms with Crippen molar-refractivity contribution >= 4 is 17.2 Å². The molecule has 0 spiro atoms. The monoisotopic (exact) mass is 412 g/mol. The topological polar surface area (TPSA) is 68.5 Å². The number of benzene rings is 1. The molecule has 2 heterocycles. The van der Waals surface area contributed by atoms with Gasteiger partial charge in [-0.1, -0.05) is 18.1 Å². The zero-order valence-corrected chi connectivity index (χ0v) is 15.6. The van der Waals surface area contributed by atoms with E-state index in [0.717, 1.165) is 0 Å². The van der Waals surface area contributed by atoms with Gasteiger partial charge >= 0.3 is 6.18 Å². The van der Waals surface area contributed by atoms with Crippen molar-refractivity contribution < 1.29 is 22.7 Å². The maximum Gasteiger partial charge on any atom is 0.424 e. The van der Waals surface area contributed by atoms with E-state index in [4.69, 9.17) is 11.2 Å². The molecule has 0 aliphatic carbocycles. The molecular weight excluding hydrogens is 397 g/mol. The summed E-state index contributed by atoms with van der Waals surface area (Å²) in [6.07, 6.45) is 5.31. The van der Waals surface area contributed by atoms with Crippen LogP contribution in [0.15, 0.2) is 72.1 Å². The summed E-state index contributed by atoms with van der Waals surface area (Å²) in [6, 6.07) is 9.71. The number of amides is 1. The Morgan fingerprint density at radius 1 is 1.30 bits per heavy atom. The van der Waals surface area contributed by atoms with Crippen molar-refractivity contribution in [2.45, 2.75) is 13.1 Å². The first-order valence-corrected chi connectivity index (χ1v) is 8.61. The Hall–Kier alpha value is -4.06. The van der Waals surface area contributed by atoms with Gasteiger partial charge < -0.3 is 10.1 Å². The number of halogens is 3. The highest BCUT2D eigenvalue weighted by Crippen LogP contribution is 2.27. The molecule has 1 amide bonds. The highest BCUT2D eigenvalue weighted by atomic mass is 19.4. The number of anilines is 1. The molecule has 152 valence electrons. The van der Waals surface area contributed by atoms with E-state index in [1.807, 2.05) is 0 Å². The molecule has 3 aromatic rings. The summed E-state index contributed by atoms with van der Waals surface area (Å²) in [6.45, 7) is 1.44. The minimum atomic E-state index is -4.72. The molecule has 0 atom stereocenters. The molecule has 2 aromatic heterocycles. The van der Waals surface area contributed by atoms with Crippen LogP contribution in [0, 0.1) is 12.3 Å². The zero-order chi connectivity index (χ0) is 21.7. The Morgan fingerprint density at radius 3 is 2.80 bits per heavy atom. The van der Waals surface area contributed by atoms with E-state index < -0.39 is 17.7 Å². The fourth-order valence-corrected chi connectivity index (χ4v) is 2.45. The van der Waals surface area contributed by atoms with Gasteiger partial charge in [0.1, 0.15) is 11.3 Å². The molecule has 0 saturated heterocycles. The Kier molecular flexibility index (Phi) is 5.88. The van der Waals surface area contributed by atoms with E-state index in [1.165, 1.54) is 23.6 Å². The third kappa shape index (κ3) is 4.86. The number of ether oxygens (including phenoxy) is 1. The van der Waals surface area contributed by atoms with Gasteiger partial charge in [0.05, 0.1) is 0 Å². The van der Waals surface area contributed by atoms with E-state index in [0.29, 0.717) is 29.0 Å². The number of nitrogens with one attached hydrogen (secondary N) is 1. The first kappa shape index (κ1) is 20.7. The van der Waals surface area contributed by atoms with Crippen LogP contribution in [-0.2, 0) is 4.79 Å². The summed E-state index contributed by atoms with van der Waals surface area (Å²) in [5, 5.41) is 6.75. The molecule has 0 saturated carbocycles. The van der Waals surface area contributed by atoms with Crippen LogP contribution in [0.5, 0.6) is 11.6 Å². The van der Waals surface area contributed by atoms with Crippen molar-refractivity contribution in [2.24, 2.45) is 0 Å². The molecule has 9 heteroatoms. The van der Waals surface area contributed by atoms with Crippen molar-refractivity contribution in [3.63, 3.8) is 0 Å². The van der Waals surface area contributed by atoms with Gasteiger partial charge in [-0.2, -0.15) is 13.2 Å². The number of fused-ring (bicyclic) bond motifs is 1. The molecule has 1 aromatic carbocycles. The fraction of sp³-hybridized carbons (Fsp3) is 0.0952. The predicted molar refractivity (Wildman–Crippen MR) is 105 cm³/mol. The minimum Gasteiger partial charge on any atom is -0.438 e. The number of hydrogen-bond acceptors (Lipinski definition) is 4. The van der Waals surface area contributed by atoms with Crippen LogP contribution in [-0.4, -0.2) is 26.7 Å². The number of carbonyl (C=O) groups excluding carboxylic acids is 1. The molecule has 6 nitrogen and oxygen atoms in total. The van der Waals surface area contributed by atoms with Crippen molar-refractivity contribution in [3.05, 3.63) is 72.1 Å². The second kappa shape index (κ2) is 8.53. The normalized spacial score (nSPS) is 12.5. The third-order valence-corrected chi connectivity index (χ3v) is 3.88. The van der Waals surface area contributed by atoms with Crippen LogP contribution in [0.2, 0.25) is 0 Å². The van der Waals surface area contributed by atoms with E-state index in [1.54, 1.807) is 48.6 Å². The lowest BCUT2D eigenvalue weighted by Crippen LogP contribution is -2.16. The molecule has 0 unspecified atom stereocenters. The van der Waals surface area contributed by atoms with Gasteiger partial charge in [0.25, 0.3) is 5.91 Å². The average molecular weight is 412 g/mol. The number of rotatable bonds is 5. The summed E-state index contributed by atoms with van der Waals surface area (Å²) in [4.78, 5) is 16.5. The van der Waals surface area contributed by atoms with E-state index >= 15 is 0 Å². The number of nitrogens with zero attached hydrogens (tertiary/aromatic N) is 3. The van der Waals surface area contributed by atoms with E-state index in [-0.39, 0.29) is 5.57 Å². The first-order chi connectivity index (χ1) is 14.3. The predicted octanol–water partition coefficient (Wildman–Crippen LogP) is 4.53. The van der Waals surface area contributed by atoms with Crippen molar-refractivity contribution in [1.82, 2.24) is 14.6 Å². The third-order valence-electron chi connectivity index (χ3n) is 3.88. The molecule has 0 radical (unpaired) electrons. The second-order valence-electron chi connectivity index (χ2n) is 5.93. The second-order valence-corrected chi connectivity index (χ2v) is 5.93. The lowest BCUT2D eigenvalue weighted by molar-refractivity contribution is -0.112. The molecule has 0 aliphatic heterocycles. The SMILES string of the molecule is C#C/C(=C\C(=C/C)C(=O)Nc1cccc(Oc2ccc3nccn3n2)c1)C(F)(F)F. The van der Waals surface area contributed by atoms with Gasteiger partial charge in [0, 0.05) is 35.8 Å². The van der Waals surface area contributed by atoms with Gasteiger partial charge in [0.15, 0.2) is 5.65 Å². The Bertz CT molecular complexity index is 1190. The molecule has 3 rings (SSSR count). The molecule has 0 bridgehead atoms. The van der Waals surface area contributed by atoms with Gasteiger partial charge in [-0.05, 0) is 31.2 Å². The van der Waals surface area contributed by atoms with Gasteiger partial charge in [-0.25, -0.2) is 9.50 Å². The Balaban J connectivity index is 1.76. The molecule has 1 N–H and O–H groups in total. The molecule has 0 fully saturated rings. The maximum absolute atomic E-state index is 12.8. The quantitative estimate of drug-likeness (QED) is 0.380. The number of carbonyl (C=O) groups is 1. The summed E-state index contributed by atoms with van der Waals surface area (Å²) >= 11 is 0. The van der Waals surface area contributed by atoms with Crippen LogP contribution in [0.25, 0.3) is 5.65 Å². The minimum absolute atomic E-state index is 0.223. The highest BCUT2D eigenvalue weighted by molar-refractivity contribution is 6.06. The van der Waals surface area contributed by atoms with Crippen LogP contribution >= 0.6 is 0 Å². The number of aromatic nitrogens is 3. The Labute approximate surface area is 169 Å². The zero-order valence-electron chi connectivity index (χ0n) is 15.6. The van der Waals surface area contributed by atoms with Crippen LogP contribution < -0.4 is 10.1 Å². The largest absolute Gasteiger partial charge is 0.438 e. The van der Waals surface area contributed by atoms with E-state index in [2.05, 4.69) is 15.4 Å². The number of terminal acetylenes is 1. The maximum atomic E-state index is 12.8. The van der Waals surface area contributed by atoms with Crippen molar-refractivity contribution in [1.29, 1.82) is 0 Å². The molecule has 0 aliphatic rings. The number of allylic oxidation sites excluding steroid dienone is 2. The van der Waals surface area contributed by atoms with Crippen LogP contribution in [0.4, 0.5) is 18.9 Å². The number of hydrogen-bond donors (Lipinski definition) is 1. The van der Waals surface area contributed by atoms with Crippen molar-refractivity contribution in [2.75, 3.05) is 5.32 Å². The summed E-state index contributed by atoms with van der Waals surface area (Å²) in [7, 11) is 0. The van der Waals surface area contributed by atoms with Crippen LogP contribution in [0.1, 0.15) is 6.92 Å².